The van der Waals surface area contributed by atoms with Crippen LogP contribution in [0.5, 0.6) is 0 Å². The number of aliphatic hydroxyl groups is 2. The molecule has 3 saturated heterocycles. The second-order valence-electron chi connectivity index (χ2n) is 17.1. The molecule has 3 fully saturated rings. The molecular formula is C44H65FN2O9. The summed E-state index contributed by atoms with van der Waals surface area (Å²) in [4.78, 5) is 47.5. The van der Waals surface area contributed by atoms with E-state index in [9.17, 15) is 24.6 Å². The van der Waals surface area contributed by atoms with Gasteiger partial charge in [-0.3, -0.25) is 9.59 Å². The number of allylic oxidation sites excluding steroid dienone is 2. The molecule has 0 aliphatic carbocycles. The fraction of sp³-hybridized carbons (Fsp3) is 0.682. The first kappa shape index (κ1) is 45.6. The van der Waals surface area contributed by atoms with Crippen LogP contribution in [0.2, 0.25) is 0 Å². The Labute approximate surface area is 332 Å². The number of Topliss-reactive ketones (excluding diaryl/α,β-unsaturated/α-hetero) is 1. The number of amides is 1. The predicted octanol–water partition coefficient (Wildman–Crippen LogP) is 6.29. The lowest BCUT2D eigenvalue weighted by atomic mass is 9.68. The Hall–Kier alpha value is -3.13. The fourth-order valence-corrected chi connectivity index (χ4v) is 9.08. The number of hydrogen-bond donors (Lipinski definition) is 2. The summed E-state index contributed by atoms with van der Waals surface area (Å²) in [5.74, 6) is -5.95. The number of nitrogens with zero attached hydrogens (tertiary/aromatic N) is 2. The Bertz CT molecular complexity index is 1620. The Kier molecular flexibility index (Phi) is 15.2. The minimum absolute atomic E-state index is 0.0654. The van der Waals surface area contributed by atoms with Gasteiger partial charge in [-0.2, -0.15) is 0 Å². The highest BCUT2D eigenvalue weighted by molar-refractivity contribution is 6.08. The van der Waals surface area contributed by atoms with E-state index >= 15 is 4.39 Å². The molecule has 4 rings (SSSR count). The van der Waals surface area contributed by atoms with Crippen LogP contribution >= 0.6 is 0 Å². The van der Waals surface area contributed by atoms with Crippen molar-refractivity contribution in [2.45, 2.75) is 148 Å². The van der Waals surface area contributed by atoms with Crippen LogP contribution in [0, 0.1) is 23.7 Å². The van der Waals surface area contributed by atoms with Crippen molar-refractivity contribution in [2.75, 3.05) is 20.7 Å². The number of fused-ring (bicyclic) bond motifs is 5. The van der Waals surface area contributed by atoms with Crippen molar-refractivity contribution < 1.29 is 47.9 Å². The second-order valence-corrected chi connectivity index (χ2v) is 17.1. The van der Waals surface area contributed by atoms with Gasteiger partial charge in [-0.1, -0.05) is 76.3 Å². The molecule has 2 N–H and O–H groups in total. The molecule has 1 amide bonds. The maximum Gasteiger partial charge on any atom is 0.351 e. The van der Waals surface area contributed by atoms with E-state index in [1.54, 1.807) is 20.8 Å². The highest BCUT2D eigenvalue weighted by Crippen LogP contribution is 2.43. The molecule has 1 aromatic carbocycles. The molecule has 0 spiro atoms. The summed E-state index contributed by atoms with van der Waals surface area (Å²) in [5, 5.41) is 24.1. The molecule has 312 valence electrons. The average molecular weight is 785 g/mol. The number of likely N-dealkylation sites (N-methyl/N-ethyl adjacent to an activating group) is 1. The number of carbonyl (C=O) groups excluding carboxylic acids is 3. The number of ether oxygens (including phenoxy) is 4. The Morgan fingerprint density at radius 3 is 2.36 bits per heavy atom. The maximum absolute atomic E-state index is 16.9. The fourth-order valence-electron chi connectivity index (χ4n) is 9.08. The van der Waals surface area contributed by atoms with Gasteiger partial charge in [0.25, 0.3) is 5.67 Å². The van der Waals surface area contributed by atoms with Gasteiger partial charge in [0.15, 0.2) is 12.1 Å². The van der Waals surface area contributed by atoms with E-state index < -0.39 is 82.8 Å². The lowest BCUT2D eigenvalue weighted by Crippen LogP contribution is -2.61. The summed E-state index contributed by atoms with van der Waals surface area (Å²) in [6.07, 6.45) is 2.21. The van der Waals surface area contributed by atoms with Gasteiger partial charge in [-0.25, -0.2) is 14.2 Å². The van der Waals surface area contributed by atoms with Gasteiger partial charge in [0, 0.05) is 30.5 Å². The quantitative estimate of drug-likeness (QED) is 0.250. The first-order valence-corrected chi connectivity index (χ1v) is 20.1. The van der Waals surface area contributed by atoms with E-state index in [4.69, 9.17) is 18.9 Å². The molecule has 2 bridgehead atoms. The monoisotopic (exact) mass is 784 g/mol. The molecule has 1 aromatic rings. The van der Waals surface area contributed by atoms with Gasteiger partial charge < -0.3 is 34.1 Å². The van der Waals surface area contributed by atoms with Crippen molar-refractivity contribution in [2.24, 2.45) is 28.7 Å². The topological polar surface area (TPSA) is 144 Å². The summed E-state index contributed by atoms with van der Waals surface area (Å²) in [6, 6.07) is 9.47. The van der Waals surface area contributed by atoms with Gasteiger partial charge in [-0.15, -0.1) is 0 Å². The van der Waals surface area contributed by atoms with Gasteiger partial charge in [0.1, 0.15) is 17.8 Å². The van der Waals surface area contributed by atoms with Crippen LogP contribution in [0.25, 0.3) is 6.08 Å². The molecule has 11 nitrogen and oxygen atoms in total. The summed E-state index contributed by atoms with van der Waals surface area (Å²) in [7, 11) is 3.69. The van der Waals surface area contributed by atoms with Crippen LogP contribution in [0.1, 0.15) is 100.0 Å². The number of hydrogen-bond acceptors (Lipinski definition) is 10. The molecule has 3 aliphatic rings. The SMILES string of the molecule is CC[C@H]1OC(=O)[C@@](C)(F)C(=O)[C@H](C)[C@@H](O[C@@H]2O[C@H](C)C[C@H](N(C)C)[C@H]2O)[C@@]2(C)C[C@@H](C)C(=NC(C)=O)[C@H](C)[C@@H](CC/C(=C\C=C\c3ccccc3)CO2)[C@]1(C)O. The number of carbonyl (C=O) groups is 3. The van der Waals surface area contributed by atoms with Crippen LogP contribution in [-0.2, 0) is 33.3 Å². The smallest absolute Gasteiger partial charge is 0.351 e. The number of ketones is 1. The van der Waals surface area contributed by atoms with Crippen molar-refractivity contribution in [1.29, 1.82) is 0 Å². The lowest BCUT2D eigenvalue weighted by molar-refractivity contribution is -0.297. The van der Waals surface area contributed by atoms with Gasteiger partial charge in [0.2, 0.25) is 5.91 Å². The van der Waals surface area contributed by atoms with E-state index in [1.165, 1.54) is 13.8 Å². The van der Waals surface area contributed by atoms with Crippen LogP contribution in [0.3, 0.4) is 0 Å². The summed E-state index contributed by atoms with van der Waals surface area (Å²) < 4.78 is 42.5. The molecule has 3 heterocycles. The minimum atomic E-state index is -3.14. The molecule has 3 aliphatic heterocycles. The highest BCUT2D eigenvalue weighted by Gasteiger charge is 2.56. The van der Waals surface area contributed by atoms with Crippen LogP contribution in [0.15, 0.2) is 53.0 Å². The number of cyclic esters (lactones) is 1. The van der Waals surface area contributed by atoms with Gasteiger partial charge in [0.05, 0.1) is 24.4 Å². The molecule has 13 atom stereocenters. The average Bonchev–Trinajstić information content (AvgIpc) is 3.14. The zero-order valence-electron chi connectivity index (χ0n) is 35.2. The standard InChI is InChI=1S/C44H65FN2O9/c1-12-35-44(9,52)33-22-21-32(20-16-19-31-17-14-13-15-18-31)25-53-42(7,24-26(2)36(28(33)4)46-30(6)48)39(29(5)38(50)43(8,45)41(51)55-35)56-40-37(49)34(47(10)11)23-27(3)54-40/h13-20,26-29,33-35,37,39-40,49,52H,12,21-25H2,1-11H3/b19-16+,32-20+,46-36?/t26-,27-,28-,29+,33-,34+,35-,37-,39-,40+,42-,43+,44+/m1/s1. The Morgan fingerprint density at radius 2 is 1.75 bits per heavy atom. The number of esters is 1. The van der Waals surface area contributed by atoms with E-state index in [2.05, 4.69) is 4.99 Å². The third-order valence-corrected chi connectivity index (χ3v) is 12.3. The van der Waals surface area contributed by atoms with Crippen molar-refractivity contribution in [3.63, 3.8) is 0 Å². The molecular weight excluding hydrogens is 719 g/mol. The number of alkyl halides is 1. The Balaban J connectivity index is 2.00. The summed E-state index contributed by atoms with van der Waals surface area (Å²) in [6.45, 7) is 14.5. The number of aliphatic imine (C=N–C) groups is 1. The third kappa shape index (κ3) is 10.3. The zero-order valence-corrected chi connectivity index (χ0v) is 35.2. The van der Waals surface area contributed by atoms with Crippen molar-refractivity contribution >= 4 is 29.4 Å². The van der Waals surface area contributed by atoms with E-state index in [-0.39, 0.29) is 31.6 Å². The first-order chi connectivity index (χ1) is 26.1. The van der Waals surface area contributed by atoms with Crippen molar-refractivity contribution in [3.8, 4) is 0 Å². The van der Waals surface area contributed by atoms with Gasteiger partial charge >= 0.3 is 5.97 Å². The normalized spacial score (nSPS) is 41.0. The highest BCUT2D eigenvalue weighted by atomic mass is 19.1. The first-order valence-electron chi connectivity index (χ1n) is 20.1. The van der Waals surface area contributed by atoms with Crippen LogP contribution in [0.4, 0.5) is 4.39 Å². The number of rotatable bonds is 6. The second kappa shape index (κ2) is 18.6. The molecule has 0 radical (unpaired) electrons. The summed E-state index contributed by atoms with van der Waals surface area (Å²) >= 11 is 0. The summed E-state index contributed by atoms with van der Waals surface area (Å²) in [5.41, 5.74) is -3.93. The number of benzene rings is 1. The van der Waals surface area contributed by atoms with Crippen molar-refractivity contribution in [1.82, 2.24) is 4.90 Å². The minimum Gasteiger partial charge on any atom is -0.457 e. The van der Waals surface area contributed by atoms with Crippen molar-refractivity contribution in [3.05, 3.63) is 53.6 Å². The van der Waals surface area contributed by atoms with E-state index in [1.807, 2.05) is 88.3 Å². The molecule has 12 heteroatoms. The maximum atomic E-state index is 16.9. The van der Waals surface area contributed by atoms with Crippen LogP contribution in [-0.4, -0.2) is 113 Å². The molecule has 56 heavy (non-hydrogen) atoms. The third-order valence-electron chi connectivity index (χ3n) is 12.3. The molecule has 0 unspecified atom stereocenters. The predicted molar refractivity (Wildman–Crippen MR) is 213 cm³/mol. The lowest BCUT2D eigenvalue weighted by Gasteiger charge is -2.48. The Morgan fingerprint density at radius 1 is 1.09 bits per heavy atom. The number of aliphatic hydroxyl groups excluding tert-OH is 1. The molecule has 0 saturated carbocycles. The molecule has 0 aromatic heterocycles. The largest absolute Gasteiger partial charge is 0.457 e. The van der Waals surface area contributed by atoms with Gasteiger partial charge in [-0.05, 0) is 96.9 Å². The van der Waals surface area contributed by atoms with Crippen LogP contribution < -0.4 is 0 Å². The number of halogens is 1. The van der Waals surface area contributed by atoms with E-state index in [0.29, 0.717) is 25.0 Å². The zero-order chi connectivity index (χ0) is 41.7. The van der Waals surface area contributed by atoms with E-state index in [0.717, 1.165) is 18.1 Å².